The molecule has 0 aromatic heterocycles. The molecule has 1 aliphatic carbocycles. The molecular weight excluding hydrogens is 280 g/mol. The summed E-state index contributed by atoms with van der Waals surface area (Å²) in [6, 6.07) is 9.24. The number of carbonyl (C=O) groups excluding carboxylic acids is 1. The zero-order chi connectivity index (χ0) is 15.9. The summed E-state index contributed by atoms with van der Waals surface area (Å²) in [6.07, 6.45) is 4.62. The maximum atomic E-state index is 12.2. The molecule has 5 heteroatoms. The van der Waals surface area contributed by atoms with E-state index in [1.165, 1.54) is 12.8 Å². The molecule has 0 radical (unpaired) electrons. The van der Waals surface area contributed by atoms with Gasteiger partial charge in [0.1, 0.15) is 0 Å². The van der Waals surface area contributed by atoms with Crippen molar-refractivity contribution in [1.29, 1.82) is 0 Å². The number of aliphatic carboxylic acids is 1. The van der Waals surface area contributed by atoms with Gasteiger partial charge in [0.15, 0.2) is 0 Å². The van der Waals surface area contributed by atoms with E-state index >= 15 is 0 Å². The molecule has 1 aromatic carbocycles. The molecule has 1 saturated carbocycles. The van der Waals surface area contributed by atoms with Gasteiger partial charge in [0.2, 0.25) is 5.91 Å². The van der Waals surface area contributed by atoms with Crippen LogP contribution in [-0.4, -0.2) is 41.5 Å². The molecule has 22 heavy (non-hydrogen) atoms. The van der Waals surface area contributed by atoms with Crippen LogP contribution in [0.4, 0.5) is 0 Å². The second-order valence-corrected chi connectivity index (χ2v) is 5.98. The molecule has 0 spiro atoms. The maximum absolute atomic E-state index is 12.2. The van der Waals surface area contributed by atoms with E-state index in [1.54, 1.807) is 0 Å². The molecule has 0 heterocycles. The molecule has 1 aliphatic rings. The van der Waals surface area contributed by atoms with Crippen molar-refractivity contribution in [1.82, 2.24) is 10.2 Å². The minimum absolute atomic E-state index is 0.108. The number of hydrogen-bond donors (Lipinski definition) is 2. The predicted molar refractivity (Wildman–Crippen MR) is 84.5 cm³/mol. The predicted octanol–water partition coefficient (Wildman–Crippen LogP) is 2.19. The lowest BCUT2D eigenvalue weighted by atomic mass is 10.0. The fraction of sp³-hybridized carbons (Fsp3) is 0.529. The number of likely N-dealkylation sites (N-methyl/N-ethyl adjacent to an activating group) is 1. The Labute approximate surface area is 131 Å². The average Bonchev–Trinajstić information content (AvgIpc) is 3.01. The smallest absolute Gasteiger partial charge is 0.305 e. The van der Waals surface area contributed by atoms with Crippen molar-refractivity contribution in [3.05, 3.63) is 35.9 Å². The summed E-state index contributed by atoms with van der Waals surface area (Å²) < 4.78 is 0. The van der Waals surface area contributed by atoms with Gasteiger partial charge in [0, 0.05) is 6.04 Å². The van der Waals surface area contributed by atoms with Gasteiger partial charge in [-0.1, -0.05) is 43.2 Å². The van der Waals surface area contributed by atoms with Crippen molar-refractivity contribution in [2.24, 2.45) is 0 Å². The van der Waals surface area contributed by atoms with E-state index in [0.29, 0.717) is 12.6 Å². The number of nitrogens with zero attached hydrogens (tertiary/aromatic N) is 1. The Morgan fingerprint density at radius 3 is 2.50 bits per heavy atom. The Bertz CT molecular complexity index is 498. The SMILES string of the molecule is CN(CC(=O)NC(CC(=O)O)c1ccccc1)C1CCCC1. The van der Waals surface area contributed by atoms with Crippen LogP contribution in [0, 0.1) is 0 Å². The number of carboxylic acid groups (broad SMARTS) is 1. The standard InChI is InChI=1S/C17H24N2O3/c1-19(14-9-5-6-10-14)12-16(20)18-15(11-17(21)22)13-7-3-2-4-8-13/h2-4,7-8,14-15H,5-6,9-12H2,1H3,(H,18,20)(H,21,22). The van der Waals surface area contributed by atoms with E-state index in [4.69, 9.17) is 5.11 Å². The number of rotatable bonds is 7. The van der Waals surface area contributed by atoms with E-state index in [1.807, 2.05) is 37.4 Å². The summed E-state index contributed by atoms with van der Waals surface area (Å²) in [7, 11) is 1.96. The molecule has 2 rings (SSSR count). The normalized spacial score (nSPS) is 16.6. The Morgan fingerprint density at radius 2 is 1.91 bits per heavy atom. The van der Waals surface area contributed by atoms with E-state index < -0.39 is 12.0 Å². The van der Waals surface area contributed by atoms with Gasteiger partial charge in [-0.2, -0.15) is 0 Å². The van der Waals surface area contributed by atoms with Gasteiger partial charge in [0.05, 0.1) is 19.0 Å². The van der Waals surface area contributed by atoms with Crippen LogP contribution in [-0.2, 0) is 9.59 Å². The van der Waals surface area contributed by atoms with Crippen LogP contribution in [0.5, 0.6) is 0 Å². The van der Waals surface area contributed by atoms with E-state index in [-0.39, 0.29) is 12.3 Å². The van der Waals surface area contributed by atoms with Crippen molar-refractivity contribution in [2.45, 2.75) is 44.2 Å². The third-order valence-corrected chi connectivity index (χ3v) is 4.26. The summed E-state index contributed by atoms with van der Waals surface area (Å²) in [5.74, 6) is -1.04. The summed E-state index contributed by atoms with van der Waals surface area (Å²) in [4.78, 5) is 25.3. The number of amides is 1. The highest BCUT2D eigenvalue weighted by atomic mass is 16.4. The molecule has 1 fully saturated rings. The Morgan fingerprint density at radius 1 is 1.27 bits per heavy atom. The summed E-state index contributed by atoms with van der Waals surface area (Å²) in [6.45, 7) is 0.313. The van der Waals surface area contributed by atoms with E-state index in [0.717, 1.165) is 18.4 Å². The van der Waals surface area contributed by atoms with Crippen molar-refractivity contribution in [3.63, 3.8) is 0 Å². The first-order valence-electron chi connectivity index (χ1n) is 7.82. The number of carboxylic acids is 1. The summed E-state index contributed by atoms with van der Waals surface area (Å²) in [5.41, 5.74) is 0.821. The molecule has 1 amide bonds. The molecule has 5 nitrogen and oxygen atoms in total. The van der Waals surface area contributed by atoms with Crippen LogP contribution in [0.3, 0.4) is 0 Å². The van der Waals surface area contributed by atoms with E-state index in [2.05, 4.69) is 10.2 Å². The van der Waals surface area contributed by atoms with Crippen molar-refractivity contribution in [3.8, 4) is 0 Å². The largest absolute Gasteiger partial charge is 0.481 e. The first-order valence-corrected chi connectivity index (χ1v) is 7.82. The zero-order valence-electron chi connectivity index (χ0n) is 13.0. The second kappa shape index (κ2) is 7.94. The van der Waals surface area contributed by atoms with Crippen LogP contribution in [0.25, 0.3) is 0 Å². The fourth-order valence-electron chi connectivity index (χ4n) is 3.05. The lowest BCUT2D eigenvalue weighted by molar-refractivity contribution is -0.137. The Balaban J connectivity index is 1.94. The number of carbonyl (C=O) groups is 2. The first kappa shape index (κ1) is 16.5. The average molecular weight is 304 g/mol. The third-order valence-electron chi connectivity index (χ3n) is 4.26. The van der Waals surface area contributed by atoms with Crippen LogP contribution in [0.1, 0.15) is 43.7 Å². The molecule has 0 aliphatic heterocycles. The molecule has 1 unspecified atom stereocenters. The minimum atomic E-state index is -0.918. The second-order valence-electron chi connectivity index (χ2n) is 5.98. The van der Waals surface area contributed by atoms with Crippen LogP contribution < -0.4 is 5.32 Å². The Kier molecular flexibility index (Phi) is 5.95. The first-order chi connectivity index (χ1) is 10.6. The van der Waals surface area contributed by atoms with Gasteiger partial charge in [-0.3, -0.25) is 14.5 Å². The maximum Gasteiger partial charge on any atom is 0.305 e. The van der Waals surface area contributed by atoms with Crippen molar-refractivity contribution < 1.29 is 14.7 Å². The molecule has 120 valence electrons. The van der Waals surface area contributed by atoms with Gasteiger partial charge < -0.3 is 10.4 Å². The topological polar surface area (TPSA) is 69.6 Å². The lowest BCUT2D eigenvalue weighted by Gasteiger charge is -2.25. The van der Waals surface area contributed by atoms with Crippen molar-refractivity contribution in [2.75, 3.05) is 13.6 Å². The quantitative estimate of drug-likeness (QED) is 0.810. The zero-order valence-corrected chi connectivity index (χ0v) is 13.0. The molecule has 1 aromatic rings. The number of nitrogens with one attached hydrogen (secondary N) is 1. The molecule has 0 saturated heterocycles. The van der Waals surface area contributed by atoms with Crippen LogP contribution in [0.15, 0.2) is 30.3 Å². The fourth-order valence-corrected chi connectivity index (χ4v) is 3.05. The van der Waals surface area contributed by atoms with Crippen LogP contribution in [0.2, 0.25) is 0 Å². The number of hydrogen-bond acceptors (Lipinski definition) is 3. The Hall–Kier alpha value is -1.88. The van der Waals surface area contributed by atoms with Crippen LogP contribution >= 0.6 is 0 Å². The van der Waals surface area contributed by atoms with E-state index in [9.17, 15) is 9.59 Å². The summed E-state index contributed by atoms with van der Waals surface area (Å²) >= 11 is 0. The molecule has 1 atom stereocenters. The minimum Gasteiger partial charge on any atom is -0.481 e. The van der Waals surface area contributed by atoms with Gasteiger partial charge in [-0.25, -0.2) is 0 Å². The van der Waals surface area contributed by atoms with Gasteiger partial charge in [-0.05, 0) is 25.5 Å². The number of benzene rings is 1. The lowest BCUT2D eigenvalue weighted by Crippen LogP contribution is -2.41. The van der Waals surface area contributed by atoms with Gasteiger partial charge in [0.25, 0.3) is 0 Å². The molecule has 0 bridgehead atoms. The third kappa shape index (κ3) is 4.84. The highest BCUT2D eigenvalue weighted by Crippen LogP contribution is 2.22. The van der Waals surface area contributed by atoms with Crippen molar-refractivity contribution >= 4 is 11.9 Å². The molecular formula is C17H24N2O3. The highest BCUT2D eigenvalue weighted by Gasteiger charge is 2.23. The summed E-state index contributed by atoms with van der Waals surface area (Å²) in [5, 5.41) is 11.9. The highest BCUT2D eigenvalue weighted by molar-refractivity contribution is 5.79. The monoisotopic (exact) mass is 304 g/mol. The van der Waals surface area contributed by atoms with Gasteiger partial charge in [-0.15, -0.1) is 0 Å². The molecule has 2 N–H and O–H groups in total. The van der Waals surface area contributed by atoms with Gasteiger partial charge >= 0.3 is 5.97 Å².